The van der Waals surface area contributed by atoms with Crippen molar-refractivity contribution in [2.75, 3.05) is 18.0 Å². The summed E-state index contributed by atoms with van der Waals surface area (Å²) in [6.45, 7) is 3.89. The van der Waals surface area contributed by atoms with Gasteiger partial charge in [0.2, 0.25) is 5.28 Å². The quantitative estimate of drug-likeness (QED) is 0.693. The van der Waals surface area contributed by atoms with Gasteiger partial charge < -0.3 is 4.90 Å². The molecule has 3 nitrogen and oxygen atoms in total. The highest BCUT2D eigenvalue weighted by molar-refractivity contribution is 6.28. The van der Waals surface area contributed by atoms with Gasteiger partial charge >= 0.3 is 0 Å². The van der Waals surface area contributed by atoms with Crippen LogP contribution in [0.5, 0.6) is 0 Å². The fourth-order valence-electron chi connectivity index (χ4n) is 1.78. The van der Waals surface area contributed by atoms with Gasteiger partial charge in [-0.3, -0.25) is 0 Å². The van der Waals surface area contributed by atoms with Crippen molar-refractivity contribution in [3.05, 3.63) is 17.3 Å². The van der Waals surface area contributed by atoms with E-state index in [2.05, 4.69) is 16.9 Å². The Kier molecular flexibility index (Phi) is 3.05. The van der Waals surface area contributed by atoms with E-state index in [9.17, 15) is 4.39 Å². The van der Waals surface area contributed by atoms with Crippen molar-refractivity contribution in [1.29, 1.82) is 0 Å². The van der Waals surface area contributed by atoms with Gasteiger partial charge in [-0.25, -0.2) is 9.37 Å². The van der Waals surface area contributed by atoms with Crippen molar-refractivity contribution < 1.29 is 4.39 Å². The maximum absolute atomic E-state index is 13.4. The van der Waals surface area contributed by atoms with Gasteiger partial charge in [0.15, 0.2) is 11.6 Å². The van der Waals surface area contributed by atoms with E-state index in [1.165, 1.54) is 0 Å². The summed E-state index contributed by atoms with van der Waals surface area (Å²) in [7, 11) is 0. The summed E-state index contributed by atoms with van der Waals surface area (Å²) in [6, 6.07) is 0. The highest BCUT2D eigenvalue weighted by Crippen LogP contribution is 2.23. The Balaban J connectivity index is 2.18. The summed E-state index contributed by atoms with van der Waals surface area (Å²) in [6.07, 6.45) is 3.27. The molecule has 0 aliphatic carbocycles. The number of nitrogens with zero attached hydrogens (tertiary/aromatic N) is 3. The van der Waals surface area contributed by atoms with Crippen molar-refractivity contribution in [3.63, 3.8) is 0 Å². The molecule has 0 saturated carbocycles. The largest absolute Gasteiger partial charge is 0.354 e. The smallest absolute Gasteiger partial charge is 0.224 e. The second-order valence-corrected chi connectivity index (χ2v) is 4.32. The molecule has 15 heavy (non-hydrogen) atoms. The Morgan fingerprint density at radius 2 is 2.13 bits per heavy atom. The number of hydrogen-bond donors (Lipinski definition) is 0. The summed E-state index contributed by atoms with van der Waals surface area (Å²) in [5.74, 6) is 0.650. The predicted molar refractivity (Wildman–Crippen MR) is 57.6 cm³/mol. The molecule has 0 aromatic carbocycles. The molecule has 0 amide bonds. The fraction of sp³-hybridized carbons (Fsp3) is 0.600. The molecular formula is C10H13ClFN3. The van der Waals surface area contributed by atoms with E-state index in [-0.39, 0.29) is 5.28 Å². The minimum Gasteiger partial charge on any atom is -0.354 e. The third-order valence-electron chi connectivity index (χ3n) is 2.78. The lowest BCUT2D eigenvalue weighted by Crippen LogP contribution is -2.34. The predicted octanol–water partition coefficient (Wildman–Crippen LogP) is 2.51. The second kappa shape index (κ2) is 4.31. The van der Waals surface area contributed by atoms with Gasteiger partial charge in [-0.05, 0) is 30.4 Å². The summed E-state index contributed by atoms with van der Waals surface area (Å²) in [4.78, 5) is 9.46. The van der Waals surface area contributed by atoms with Crippen LogP contribution in [0.15, 0.2) is 6.20 Å². The Morgan fingerprint density at radius 3 is 2.80 bits per heavy atom. The SMILES string of the molecule is CC1CCN(c2nc(Cl)ncc2F)CC1. The van der Waals surface area contributed by atoms with Gasteiger partial charge in [0.05, 0.1) is 6.20 Å². The molecule has 1 fully saturated rings. The highest BCUT2D eigenvalue weighted by Gasteiger charge is 2.20. The first-order chi connectivity index (χ1) is 7.16. The number of halogens is 2. The lowest BCUT2D eigenvalue weighted by atomic mass is 9.99. The molecule has 0 atom stereocenters. The fourth-order valence-corrected chi connectivity index (χ4v) is 1.91. The van der Waals surface area contributed by atoms with E-state index in [1.54, 1.807) is 0 Å². The maximum atomic E-state index is 13.4. The molecule has 82 valence electrons. The van der Waals surface area contributed by atoms with Crippen LogP contribution >= 0.6 is 11.6 Å². The van der Waals surface area contributed by atoms with Crippen LogP contribution in [0.1, 0.15) is 19.8 Å². The standard InChI is InChI=1S/C10H13ClFN3/c1-7-2-4-15(5-3-7)9-8(12)6-13-10(11)14-9/h6-7H,2-5H2,1H3. The van der Waals surface area contributed by atoms with E-state index >= 15 is 0 Å². The average Bonchev–Trinajstić information content (AvgIpc) is 2.23. The molecule has 0 radical (unpaired) electrons. The van der Waals surface area contributed by atoms with Crippen molar-refractivity contribution in [1.82, 2.24) is 9.97 Å². The van der Waals surface area contributed by atoms with Crippen LogP contribution in [0.2, 0.25) is 5.28 Å². The zero-order valence-corrected chi connectivity index (χ0v) is 9.34. The van der Waals surface area contributed by atoms with Crippen LogP contribution in [-0.4, -0.2) is 23.1 Å². The number of piperidine rings is 1. The number of anilines is 1. The minimum atomic E-state index is -0.394. The summed E-state index contributed by atoms with van der Waals surface area (Å²) in [5, 5.41) is 0.102. The van der Waals surface area contributed by atoms with Gasteiger partial charge in [-0.15, -0.1) is 0 Å². The normalized spacial score (nSPS) is 18.2. The van der Waals surface area contributed by atoms with Gasteiger partial charge in [0.1, 0.15) is 0 Å². The zero-order valence-electron chi connectivity index (χ0n) is 8.58. The number of hydrogen-bond acceptors (Lipinski definition) is 3. The van der Waals surface area contributed by atoms with Crippen molar-refractivity contribution in [2.24, 2.45) is 5.92 Å². The van der Waals surface area contributed by atoms with Crippen molar-refractivity contribution in [3.8, 4) is 0 Å². The molecule has 1 aliphatic heterocycles. The monoisotopic (exact) mass is 229 g/mol. The van der Waals surface area contributed by atoms with Gasteiger partial charge in [-0.1, -0.05) is 6.92 Å². The molecule has 1 aromatic rings. The van der Waals surface area contributed by atoms with Crippen LogP contribution in [-0.2, 0) is 0 Å². The van der Waals surface area contributed by atoms with Gasteiger partial charge in [0.25, 0.3) is 0 Å². The molecule has 0 spiro atoms. The maximum Gasteiger partial charge on any atom is 0.224 e. The highest BCUT2D eigenvalue weighted by atomic mass is 35.5. The number of aromatic nitrogens is 2. The summed E-state index contributed by atoms with van der Waals surface area (Å²) >= 11 is 5.65. The molecule has 5 heteroatoms. The van der Waals surface area contributed by atoms with Crippen molar-refractivity contribution in [2.45, 2.75) is 19.8 Å². The van der Waals surface area contributed by atoms with Crippen LogP contribution in [0.25, 0.3) is 0 Å². The van der Waals surface area contributed by atoms with Crippen LogP contribution in [0.4, 0.5) is 10.2 Å². The van der Waals surface area contributed by atoms with E-state index in [0.29, 0.717) is 11.7 Å². The molecule has 2 heterocycles. The molecule has 0 bridgehead atoms. The van der Waals surface area contributed by atoms with E-state index in [4.69, 9.17) is 11.6 Å². The lowest BCUT2D eigenvalue weighted by molar-refractivity contribution is 0.431. The molecular weight excluding hydrogens is 217 g/mol. The van der Waals surface area contributed by atoms with E-state index < -0.39 is 5.82 Å². The van der Waals surface area contributed by atoms with Crippen molar-refractivity contribution >= 4 is 17.4 Å². The topological polar surface area (TPSA) is 29.0 Å². The Labute approximate surface area is 93.3 Å². The van der Waals surface area contributed by atoms with Crippen LogP contribution < -0.4 is 4.90 Å². The molecule has 2 rings (SSSR count). The van der Waals surface area contributed by atoms with E-state index in [1.807, 2.05) is 4.90 Å². The first-order valence-electron chi connectivity index (χ1n) is 5.10. The second-order valence-electron chi connectivity index (χ2n) is 3.98. The Morgan fingerprint density at radius 1 is 1.47 bits per heavy atom. The van der Waals surface area contributed by atoms with Crippen LogP contribution in [0.3, 0.4) is 0 Å². The third kappa shape index (κ3) is 2.37. The summed E-state index contributed by atoms with van der Waals surface area (Å²) in [5.41, 5.74) is 0. The lowest BCUT2D eigenvalue weighted by Gasteiger charge is -2.31. The van der Waals surface area contributed by atoms with Gasteiger partial charge in [-0.2, -0.15) is 4.98 Å². The van der Waals surface area contributed by atoms with E-state index in [0.717, 1.165) is 32.1 Å². The first kappa shape index (κ1) is 10.6. The molecule has 1 aromatic heterocycles. The van der Waals surface area contributed by atoms with Crippen LogP contribution in [0, 0.1) is 11.7 Å². The Hall–Kier alpha value is -0.900. The average molecular weight is 230 g/mol. The van der Waals surface area contributed by atoms with Gasteiger partial charge in [0, 0.05) is 13.1 Å². The minimum absolute atomic E-state index is 0.102. The number of rotatable bonds is 1. The molecule has 0 N–H and O–H groups in total. The Bertz CT molecular complexity index is 351. The zero-order chi connectivity index (χ0) is 10.8. The summed E-state index contributed by atoms with van der Waals surface area (Å²) < 4.78 is 13.4. The molecule has 0 unspecified atom stereocenters. The molecule has 1 saturated heterocycles. The third-order valence-corrected chi connectivity index (χ3v) is 2.96. The molecule has 1 aliphatic rings. The first-order valence-corrected chi connectivity index (χ1v) is 5.47.